The third-order valence-corrected chi connectivity index (χ3v) is 6.26. The Hall–Kier alpha value is -4.78. The number of nitrogens with one attached hydrogen (secondary N) is 3. The Morgan fingerprint density at radius 1 is 0.917 bits per heavy atom. The van der Waals surface area contributed by atoms with Crippen LogP contribution in [-0.2, 0) is 4.79 Å². The van der Waals surface area contributed by atoms with Gasteiger partial charge >= 0.3 is 0 Å². The van der Waals surface area contributed by atoms with Gasteiger partial charge in [-0.2, -0.15) is 5.10 Å². The fraction of sp³-hybridized carbons (Fsp3) is 0.103. The molecule has 176 valence electrons. The largest absolute Gasteiger partial charge is 0.353 e. The number of pyridine rings is 2. The van der Waals surface area contributed by atoms with E-state index in [0.29, 0.717) is 12.1 Å². The second-order valence-electron chi connectivity index (χ2n) is 8.76. The van der Waals surface area contributed by atoms with E-state index in [9.17, 15) is 4.79 Å². The minimum Gasteiger partial charge on any atom is -0.353 e. The molecule has 6 aromatic rings. The fourth-order valence-electron chi connectivity index (χ4n) is 4.54. The average Bonchev–Trinajstić information content (AvgIpc) is 3.53. The van der Waals surface area contributed by atoms with Crippen LogP contribution in [0.3, 0.4) is 0 Å². The molecule has 0 unspecified atom stereocenters. The van der Waals surface area contributed by atoms with E-state index in [1.54, 1.807) is 12.4 Å². The molecule has 0 atom stereocenters. The lowest BCUT2D eigenvalue weighted by molar-refractivity contribution is -0.116. The number of amides is 1. The van der Waals surface area contributed by atoms with Crippen LogP contribution in [-0.4, -0.2) is 31.1 Å². The lowest BCUT2D eigenvalue weighted by Gasteiger charge is -2.07. The van der Waals surface area contributed by atoms with Gasteiger partial charge in [-0.25, -0.2) is 0 Å². The zero-order valence-electron chi connectivity index (χ0n) is 19.7. The van der Waals surface area contributed by atoms with Crippen LogP contribution < -0.4 is 5.32 Å². The van der Waals surface area contributed by atoms with Crippen LogP contribution in [0.1, 0.15) is 19.8 Å². The van der Waals surface area contributed by atoms with Gasteiger partial charge in [-0.15, -0.1) is 0 Å². The summed E-state index contributed by atoms with van der Waals surface area (Å²) in [6.07, 6.45) is 6.57. The van der Waals surface area contributed by atoms with Crippen LogP contribution >= 0.6 is 0 Å². The summed E-state index contributed by atoms with van der Waals surface area (Å²) in [5.74, 6) is -0.00657. The van der Waals surface area contributed by atoms with Crippen molar-refractivity contribution in [3.05, 3.63) is 85.3 Å². The van der Waals surface area contributed by atoms with E-state index in [0.717, 1.165) is 62.0 Å². The van der Waals surface area contributed by atoms with Gasteiger partial charge in [0.05, 0.1) is 28.8 Å². The number of benzene rings is 2. The normalized spacial score (nSPS) is 11.2. The topological polar surface area (TPSA) is 99.3 Å². The molecule has 0 saturated heterocycles. The van der Waals surface area contributed by atoms with Gasteiger partial charge in [0.1, 0.15) is 5.69 Å². The molecule has 7 heteroatoms. The third kappa shape index (κ3) is 4.01. The smallest absolute Gasteiger partial charge is 0.224 e. The van der Waals surface area contributed by atoms with Gasteiger partial charge in [0.2, 0.25) is 5.91 Å². The number of rotatable bonds is 6. The SMILES string of the molecule is CCCC(=O)Nc1cncc(-c2ccc3[nH]nc(-c4cc5c(-c6ccccn6)cccc5[nH]4)c3c2)c1. The molecule has 1 amide bonds. The highest BCUT2D eigenvalue weighted by molar-refractivity contribution is 6.01. The first-order chi connectivity index (χ1) is 17.7. The molecule has 36 heavy (non-hydrogen) atoms. The molecule has 4 aromatic heterocycles. The summed E-state index contributed by atoms with van der Waals surface area (Å²) in [6, 6.07) is 22.4. The van der Waals surface area contributed by atoms with E-state index in [1.165, 1.54) is 0 Å². The summed E-state index contributed by atoms with van der Waals surface area (Å²) in [5, 5.41) is 12.8. The third-order valence-electron chi connectivity index (χ3n) is 6.26. The van der Waals surface area contributed by atoms with Gasteiger partial charge in [0.15, 0.2) is 0 Å². The van der Waals surface area contributed by atoms with Gasteiger partial charge in [0, 0.05) is 46.2 Å². The minimum atomic E-state index is -0.00657. The first kappa shape index (κ1) is 21.7. The molecular formula is C29H24N6O. The standard InChI is InChI=1S/C29H24N6O/c1-2-6-28(36)32-20-13-19(16-30-17-20)18-10-11-26-23(14-18)29(35-34-26)27-15-22-21(7-5-9-25(22)33-27)24-8-3-4-12-31-24/h3-5,7-17,33H,2,6H2,1H3,(H,32,36)(H,34,35). The monoisotopic (exact) mass is 472 g/mol. The number of hydrogen-bond donors (Lipinski definition) is 3. The van der Waals surface area contributed by atoms with Crippen molar-refractivity contribution in [3.63, 3.8) is 0 Å². The molecular weight excluding hydrogens is 448 g/mol. The molecule has 3 N–H and O–H groups in total. The predicted octanol–water partition coefficient (Wildman–Crippen LogP) is 6.57. The second kappa shape index (κ2) is 9.11. The van der Waals surface area contributed by atoms with Crippen LogP contribution in [0.2, 0.25) is 0 Å². The number of anilines is 1. The zero-order valence-corrected chi connectivity index (χ0v) is 19.7. The first-order valence-electron chi connectivity index (χ1n) is 12.0. The van der Waals surface area contributed by atoms with Gasteiger partial charge in [-0.1, -0.05) is 31.2 Å². The van der Waals surface area contributed by atoms with Gasteiger partial charge in [-0.3, -0.25) is 19.9 Å². The van der Waals surface area contributed by atoms with Crippen molar-refractivity contribution in [2.45, 2.75) is 19.8 Å². The van der Waals surface area contributed by atoms with Crippen LogP contribution in [0.5, 0.6) is 0 Å². The van der Waals surface area contributed by atoms with Crippen molar-refractivity contribution in [2.75, 3.05) is 5.32 Å². The summed E-state index contributed by atoms with van der Waals surface area (Å²) in [5.41, 5.74) is 8.35. The first-order valence-corrected chi connectivity index (χ1v) is 12.0. The molecule has 0 aliphatic carbocycles. The maximum atomic E-state index is 12.0. The molecule has 0 aliphatic heterocycles. The molecule has 6 rings (SSSR count). The van der Waals surface area contributed by atoms with Crippen molar-refractivity contribution in [1.29, 1.82) is 0 Å². The maximum Gasteiger partial charge on any atom is 0.224 e. The van der Waals surface area contributed by atoms with Crippen molar-refractivity contribution in [1.82, 2.24) is 25.1 Å². The number of aromatic nitrogens is 5. The lowest BCUT2D eigenvalue weighted by Crippen LogP contribution is -2.10. The van der Waals surface area contributed by atoms with Crippen LogP contribution in [0, 0.1) is 0 Å². The van der Waals surface area contributed by atoms with E-state index in [-0.39, 0.29) is 5.91 Å². The summed E-state index contributed by atoms with van der Waals surface area (Å²) >= 11 is 0. The molecule has 0 aliphatic rings. The van der Waals surface area contributed by atoms with Crippen LogP contribution in [0.4, 0.5) is 5.69 Å². The van der Waals surface area contributed by atoms with Crippen LogP contribution in [0.15, 0.2) is 85.3 Å². The van der Waals surface area contributed by atoms with Crippen molar-refractivity contribution < 1.29 is 4.79 Å². The molecule has 0 spiro atoms. The van der Waals surface area contributed by atoms with Crippen molar-refractivity contribution in [2.24, 2.45) is 0 Å². The number of H-pyrrole nitrogens is 2. The Morgan fingerprint density at radius 2 is 1.86 bits per heavy atom. The minimum absolute atomic E-state index is 0.00657. The number of carbonyl (C=O) groups excluding carboxylic acids is 1. The van der Waals surface area contributed by atoms with E-state index in [2.05, 4.69) is 54.7 Å². The molecule has 2 aromatic carbocycles. The number of aromatic amines is 2. The molecule has 0 saturated carbocycles. The predicted molar refractivity (Wildman–Crippen MR) is 143 cm³/mol. The molecule has 0 fully saturated rings. The fourth-order valence-corrected chi connectivity index (χ4v) is 4.54. The molecule has 0 bridgehead atoms. The molecule has 4 heterocycles. The number of carbonyl (C=O) groups is 1. The van der Waals surface area contributed by atoms with Gasteiger partial charge in [0.25, 0.3) is 0 Å². The number of nitrogens with zero attached hydrogens (tertiary/aromatic N) is 3. The Balaban J connectivity index is 1.40. The Bertz CT molecular complexity index is 1700. The van der Waals surface area contributed by atoms with E-state index in [4.69, 9.17) is 0 Å². The summed E-state index contributed by atoms with van der Waals surface area (Å²) in [6.45, 7) is 1.98. The zero-order chi connectivity index (χ0) is 24.5. The second-order valence-corrected chi connectivity index (χ2v) is 8.76. The average molecular weight is 473 g/mol. The van der Waals surface area contributed by atoms with E-state index < -0.39 is 0 Å². The van der Waals surface area contributed by atoms with Gasteiger partial charge in [-0.05, 0) is 54.4 Å². The van der Waals surface area contributed by atoms with E-state index in [1.807, 2.05) is 55.6 Å². The number of hydrogen-bond acceptors (Lipinski definition) is 4. The quantitative estimate of drug-likeness (QED) is 0.255. The van der Waals surface area contributed by atoms with Crippen molar-refractivity contribution in [3.8, 4) is 33.8 Å². The maximum absolute atomic E-state index is 12.0. The highest BCUT2D eigenvalue weighted by Gasteiger charge is 2.15. The van der Waals surface area contributed by atoms with E-state index >= 15 is 0 Å². The van der Waals surface area contributed by atoms with Gasteiger partial charge < -0.3 is 10.3 Å². The van der Waals surface area contributed by atoms with Crippen molar-refractivity contribution >= 4 is 33.4 Å². The molecule has 7 nitrogen and oxygen atoms in total. The summed E-state index contributed by atoms with van der Waals surface area (Å²) in [4.78, 5) is 24.4. The Labute approximate surface area is 207 Å². The molecule has 0 radical (unpaired) electrons. The highest BCUT2D eigenvalue weighted by Crippen LogP contribution is 2.35. The Kier molecular flexibility index (Phi) is 5.50. The summed E-state index contributed by atoms with van der Waals surface area (Å²) in [7, 11) is 0. The lowest BCUT2D eigenvalue weighted by atomic mass is 10.0. The highest BCUT2D eigenvalue weighted by atomic mass is 16.1. The number of fused-ring (bicyclic) bond motifs is 2. The summed E-state index contributed by atoms with van der Waals surface area (Å²) < 4.78 is 0. The van der Waals surface area contributed by atoms with Crippen LogP contribution in [0.25, 0.3) is 55.6 Å². The Morgan fingerprint density at radius 3 is 2.72 bits per heavy atom.